The van der Waals surface area contributed by atoms with Crippen LogP contribution in [0.1, 0.15) is 27.9 Å². The first-order chi connectivity index (χ1) is 10.8. The lowest BCUT2D eigenvalue weighted by Crippen LogP contribution is -2.34. The van der Waals surface area contributed by atoms with Crippen LogP contribution in [0.4, 0.5) is 13.2 Å². The molecule has 1 amide bonds. The van der Waals surface area contributed by atoms with Gasteiger partial charge in [0.15, 0.2) is 0 Å². The third kappa shape index (κ3) is 4.32. The molecule has 0 fully saturated rings. The van der Waals surface area contributed by atoms with Crippen molar-refractivity contribution in [3.8, 4) is 0 Å². The Morgan fingerprint density at radius 3 is 2.57 bits per heavy atom. The number of alkyl halides is 3. The van der Waals surface area contributed by atoms with Crippen molar-refractivity contribution in [1.82, 2.24) is 15.2 Å². The van der Waals surface area contributed by atoms with Crippen LogP contribution in [0, 0.1) is 0 Å². The van der Waals surface area contributed by atoms with Crippen LogP contribution in [0.3, 0.4) is 0 Å². The van der Waals surface area contributed by atoms with Crippen molar-refractivity contribution in [1.29, 1.82) is 0 Å². The summed E-state index contributed by atoms with van der Waals surface area (Å²) in [5, 5.41) is 2.67. The number of amides is 1. The Kier molecular flexibility index (Phi) is 5.05. The molecule has 23 heavy (non-hydrogen) atoms. The fourth-order valence-corrected chi connectivity index (χ4v) is 2.01. The maximum Gasteiger partial charge on any atom is 0.433 e. The molecule has 0 aliphatic rings. The zero-order chi connectivity index (χ0) is 17.0. The highest BCUT2D eigenvalue weighted by molar-refractivity contribution is 5.93. The molecular weight excluding hydrogens is 311 g/mol. The molecule has 124 valence electrons. The quantitative estimate of drug-likeness (QED) is 0.917. The molecule has 0 radical (unpaired) electrons. The van der Waals surface area contributed by atoms with E-state index in [1.807, 2.05) is 19.0 Å². The molecule has 0 aliphatic heterocycles. The van der Waals surface area contributed by atoms with Crippen molar-refractivity contribution in [2.45, 2.75) is 12.2 Å². The van der Waals surface area contributed by atoms with Crippen molar-refractivity contribution in [2.24, 2.45) is 0 Å². The van der Waals surface area contributed by atoms with Crippen LogP contribution >= 0.6 is 0 Å². The van der Waals surface area contributed by atoms with Gasteiger partial charge in [0.25, 0.3) is 5.91 Å². The predicted octanol–water partition coefficient (Wildman–Crippen LogP) is 2.73. The molecule has 0 aliphatic carbocycles. The van der Waals surface area contributed by atoms with Gasteiger partial charge in [0.1, 0.15) is 11.5 Å². The van der Waals surface area contributed by atoms with Gasteiger partial charge in [-0.25, -0.2) is 0 Å². The molecule has 1 unspecified atom stereocenters. The number of halogens is 3. The minimum absolute atomic E-state index is 0.0648. The van der Waals surface area contributed by atoms with Crippen LogP contribution in [0.2, 0.25) is 0 Å². The summed E-state index contributed by atoms with van der Waals surface area (Å²) in [6.07, 6.45) is -2.08. The van der Waals surface area contributed by atoms with Crippen molar-refractivity contribution in [3.63, 3.8) is 0 Å². The Morgan fingerprint density at radius 1 is 1.35 bits per heavy atom. The number of likely N-dealkylation sites (N-methyl/N-ethyl adjacent to an activating group) is 1. The first-order valence-corrected chi connectivity index (χ1v) is 6.80. The number of nitrogens with one attached hydrogen (secondary N) is 1. The molecule has 2 heterocycles. The van der Waals surface area contributed by atoms with E-state index in [-0.39, 0.29) is 18.2 Å². The molecule has 2 aromatic heterocycles. The average molecular weight is 327 g/mol. The number of aromatic nitrogens is 1. The van der Waals surface area contributed by atoms with Crippen molar-refractivity contribution in [2.75, 3.05) is 20.6 Å². The molecular formula is C15H16F3N3O2. The first kappa shape index (κ1) is 17.0. The minimum Gasteiger partial charge on any atom is -0.468 e. The van der Waals surface area contributed by atoms with Gasteiger partial charge in [-0.05, 0) is 38.4 Å². The van der Waals surface area contributed by atoms with Crippen molar-refractivity contribution < 1.29 is 22.4 Å². The van der Waals surface area contributed by atoms with E-state index >= 15 is 0 Å². The highest BCUT2D eigenvalue weighted by Crippen LogP contribution is 2.27. The number of pyridine rings is 1. The number of hydrogen-bond acceptors (Lipinski definition) is 4. The summed E-state index contributed by atoms with van der Waals surface area (Å²) in [7, 11) is 3.66. The molecule has 0 saturated carbocycles. The van der Waals surface area contributed by atoms with E-state index in [4.69, 9.17) is 4.42 Å². The molecule has 2 rings (SSSR count). The van der Waals surface area contributed by atoms with E-state index in [0.29, 0.717) is 5.76 Å². The highest BCUT2D eigenvalue weighted by Gasteiger charge is 2.32. The van der Waals surface area contributed by atoms with Gasteiger partial charge in [0, 0.05) is 12.7 Å². The number of nitrogens with zero attached hydrogens (tertiary/aromatic N) is 2. The molecule has 0 aromatic carbocycles. The van der Waals surface area contributed by atoms with E-state index in [0.717, 1.165) is 18.3 Å². The molecule has 2 aromatic rings. The minimum atomic E-state index is -4.52. The molecule has 1 atom stereocenters. The lowest BCUT2D eigenvalue weighted by molar-refractivity contribution is -0.141. The maximum atomic E-state index is 12.4. The third-order valence-corrected chi connectivity index (χ3v) is 3.27. The lowest BCUT2D eigenvalue weighted by atomic mass is 10.2. The highest BCUT2D eigenvalue weighted by atomic mass is 19.4. The van der Waals surface area contributed by atoms with Crippen molar-refractivity contribution >= 4 is 5.91 Å². The van der Waals surface area contributed by atoms with Crippen LogP contribution < -0.4 is 5.32 Å². The predicted molar refractivity (Wildman–Crippen MR) is 76.7 cm³/mol. The number of carbonyl (C=O) groups excluding carboxylic acids is 1. The normalized spacial score (nSPS) is 13.1. The molecule has 0 spiro atoms. The number of furan rings is 1. The number of hydrogen-bond donors (Lipinski definition) is 1. The van der Waals surface area contributed by atoms with Gasteiger partial charge in [-0.2, -0.15) is 13.2 Å². The second kappa shape index (κ2) is 6.82. The summed E-state index contributed by atoms with van der Waals surface area (Å²) in [6, 6.07) is 5.23. The third-order valence-electron chi connectivity index (χ3n) is 3.27. The fraction of sp³-hybridized carbons (Fsp3) is 0.333. The Bertz CT molecular complexity index is 637. The van der Waals surface area contributed by atoms with Crippen LogP contribution in [-0.4, -0.2) is 36.4 Å². The van der Waals surface area contributed by atoms with Crippen LogP contribution in [0.25, 0.3) is 0 Å². The summed E-state index contributed by atoms with van der Waals surface area (Å²) in [5.74, 6) is 0.186. The van der Waals surface area contributed by atoms with Gasteiger partial charge in [0.2, 0.25) is 0 Å². The number of carbonyl (C=O) groups is 1. The van der Waals surface area contributed by atoms with Crippen molar-refractivity contribution in [3.05, 3.63) is 53.7 Å². The second-order valence-corrected chi connectivity index (χ2v) is 5.13. The topological polar surface area (TPSA) is 58.4 Å². The molecule has 0 bridgehead atoms. The second-order valence-electron chi connectivity index (χ2n) is 5.13. The van der Waals surface area contributed by atoms with E-state index < -0.39 is 17.8 Å². The van der Waals surface area contributed by atoms with Crippen LogP contribution in [0.5, 0.6) is 0 Å². The molecule has 0 saturated heterocycles. The SMILES string of the molecule is CN(C)C(CNC(=O)c1ccc(C(F)(F)F)nc1)c1ccco1. The van der Waals surface area contributed by atoms with E-state index in [9.17, 15) is 18.0 Å². The zero-order valence-corrected chi connectivity index (χ0v) is 12.6. The summed E-state index contributed by atoms with van der Waals surface area (Å²) in [4.78, 5) is 17.2. The maximum absolute atomic E-state index is 12.4. The molecule has 8 heteroatoms. The van der Waals surface area contributed by atoms with Gasteiger partial charge in [-0.1, -0.05) is 0 Å². The summed E-state index contributed by atoms with van der Waals surface area (Å²) < 4.78 is 42.6. The smallest absolute Gasteiger partial charge is 0.433 e. The summed E-state index contributed by atoms with van der Waals surface area (Å²) >= 11 is 0. The van der Waals surface area contributed by atoms with E-state index in [1.165, 1.54) is 6.26 Å². The van der Waals surface area contributed by atoms with Crippen LogP contribution in [-0.2, 0) is 6.18 Å². The average Bonchev–Trinajstić information content (AvgIpc) is 3.00. The van der Waals surface area contributed by atoms with E-state index in [1.54, 1.807) is 12.1 Å². The molecule has 5 nitrogen and oxygen atoms in total. The monoisotopic (exact) mass is 327 g/mol. The van der Waals surface area contributed by atoms with Gasteiger partial charge in [-0.3, -0.25) is 14.7 Å². The Hall–Kier alpha value is -2.35. The van der Waals surface area contributed by atoms with E-state index in [2.05, 4.69) is 10.3 Å². The standard InChI is InChI=1S/C15H16F3N3O2/c1-21(2)11(12-4-3-7-23-12)9-20-14(22)10-5-6-13(19-8-10)15(16,17)18/h3-8,11H,9H2,1-2H3,(H,20,22). The Morgan fingerprint density at radius 2 is 2.09 bits per heavy atom. The van der Waals surface area contributed by atoms with Crippen LogP contribution in [0.15, 0.2) is 41.1 Å². The Balaban J connectivity index is 2.01. The largest absolute Gasteiger partial charge is 0.468 e. The summed E-state index contributed by atoms with van der Waals surface area (Å²) in [6.45, 7) is 0.250. The summed E-state index contributed by atoms with van der Waals surface area (Å²) in [5.41, 5.74) is -0.967. The first-order valence-electron chi connectivity index (χ1n) is 6.80. The van der Waals surface area contributed by atoms with Gasteiger partial charge in [-0.15, -0.1) is 0 Å². The lowest BCUT2D eigenvalue weighted by Gasteiger charge is -2.22. The zero-order valence-electron chi connectivity index (χ0n) is 12.6. The fourth-order valence-electron chi connectivity index (χ4n) is 2.01. The molecule has 1 N–H and O–H groups in total. The van der Waals surface area contributed by atoms with Gasteiger partial charge >= 0.3 is 6.18 Å². The number of rotatable bonds is 5. The van der Waals surface area contributed by atoms with Gasteiger partial charge in [0.05, 0.1) is 17.9 Å². The van der Waals surface area contributed by atoms with Gasteiger partial charge < -0.3 is 9.73 Å². The Labute approximate surface area is 131 Å².